The molecule has 0 saturated carbocycles. The minimum atomic E-state index is -4.97. The lowest BCUT2D eigenvalue weighted by Crippen LogP contribution is -2.30. The number of carbonyl (C=O) groups excluding carboxylic acids is 4. The lowest BCUT2D eigenvalue weighted by molar-refractivity contribution is -0.161. The molecule has 105 heavy (non-hydrogen) atoms. The van der Waals surface area contributed by atoms with Crippen LogP contribution in [0.2, 0.25) is 0 Å². The molecule has 0 saturated heterocycles. The van der Waals surface area contributed by atoms with Gasteiger partial charge in [0.25, 0.3) is 0 Å². The normalized spacial score (nSPS) is 14.1. The molecule has 6 atom stereocenters. The van der Waals surface area contributed by atoms with Crippen molar-refractivity contribution >= 4 is 39.5 Å². The van der Waals surface area contributed by atoms with E-state index in [1.54, 1.807) is 0 Å². The average molecular weight is 1540 g/mol. The van der Waals surface area contributed by atoms with Crippen LogP contribution in [0.3, 0.4) is 0 Å². The Kier molecular flexibility index (Phi) is 74.7. The SMILES string of the molecule is CCCCCCCCCCCCCCCCCCCCCCCC(=O)O[C@H](COC(=O)CCCCCCCCCCCCCCCC(C)C)COP(=O)(O)OC[C@@H](O)COP(=O)(O)OC[C@@H](COC(=O)CCCCCCCCCCC(C)CC)OC(=O)CCCCCCCCCCCCCCCC(C)C. The molecule has 624 valence electrons. The fourth-order valence-electron chi connectivity index (χ4n) is 13.3. The molecule has 3 N–H and O–H groups in total. The van der Waals surface area contributed by atoms with E-state index >= 15 is 0 Å². The molecule has 0 amide bonds. The third kappa shape index (κ3) is 78.5. The second-order valence-electron chi connectivity index (χ2n) is 32.1. The van der Waals surface area contributed by atoms with Crippen LogP contribution in [0, 0.1) is 17.8 Å². The highest BCUT2D eigenvalue weighted by Crippen LogP contribution is 2.45. The van der Waals surface area contributed by atoms with Crippen molar-refractivity contribution < 1.29 is 80.2 Å². The van der Waals surface area contributed by atoms with Crippen molar-refractivity contribution in [1.29, 1.82) is 0 Å². The van der Waals surface area contributed by atoms with Gasteiger partial charge >= 0.3 is 39.5 Å². The maximum atomic E-state index is 13.1. The Morgan fingerprint density at radius 2 is 0.486 bits per heavy atom. The molecule has 0 radical (unpaired) electrons. The topological polar surface area (TPSA) is 237 Å². The highest BCUT2D eigenvalue weighted by Gasteiger charge is 2.30. The van der Waals surface area contributed by atoms with Crippen molar-refractivity contribution in [3.8, 4) is 0 Å². The van der Waals surface area contributed by atoms with Gasteiger partial charge in [0, 0.05) is 25.7 Å². The van der Waals surface area contributed by atoms with E-state index < -0.39 is 97.5 Å². The molecular formula is C86H168O17P2. The van der Waals surface area contributed by atoms with Crippen molar-refractivity contribution in [3.63, 3.8) is 0 Å². The van der Waals surface area contributed by atoms with Crippen LogP contribution in [0.1, 0.15) is 453 Å². The minimum Gasteiger partial charge on any atom is -0.462 e. The standard InChI is InChI=1S/C86H168O17P2/c1-8-10-11-12-13-14-15-16-17-18-19-20-21-22-23-28-34-39-48-55-62-69-85(90)102-81(73-96-83(88)67-60-53-46-38-33-29-24-26-31-36-43-50-57-64-77(3)4)75-100-104(92,93)98-71-80(87)72-99-105(94,95)101-76-82(74-97-84(89)68-61-54-47-42-41-45-52-59-66-79(7)9-2)103-86(91)70-63-56-49-40-35-30-25-27-32-37-44-51-58-65-78(5)6/h77-82,87H,8-76H2,1-7H3,(H,92,93)(H,94,95)/t79?,80-,81-,82-/m1/s1. The minimum absolute atomic E-state index is 0.107. The zero-order valence-corrected chi connectivity index (χ0v) is 71.0. The Balaban J connectivity index is 5.25. The van der Waals surface area contributed by atoms with Gasteiger partial charge in [-0.15, -0.1) is 0 Å². The molecule has 0 aliphatic heterocycles. The van der Waals surface area contributed by atoms with Crippen LogP contribution in [0.5, 0.6) is 0 Å². The van der Waals surface area contributed by atoms with Gasteiger partial charge in [-0.25, -0.2) is 9.13 Å². The highest BCUT2D eigenvalue weighted by molar-refractivity contribution is 7.47. The summed E-state index contributed by atoms with van der Waals surface area (Å²) in [5, 5.41) is 10.7. The average Bonchev–Trinajstić information content (AvgIpc) is 0.913. The Morgan fingerprint density at radius 1 is 0.276 bits per heavy atom. The zero-order chi connectivity index (χ0) is 77.2. The summed E-state index contributed by atoms with van der Waals surface area (Å²) in [7, 11) is -9.93. The van der Waals surface area contributed by atoms with Crippen LogP contribution in [-0.2, 0) is 65.4 Å². The van der Waals surface area contributed by atoms with Gasteiger partial charge in [0.15, 0.2) is 12.2 Å². The quantitative estimate of drug-likeness (QED) is 0.0222. The molecule has 0 aromatic heterocycles. The van der Waals surface area contributed by atoms with E-state index in [-0.39, 0.29) is 25.7 Å². The fourth-order valence-corrected chi connectivity index (χ4v) is 14.9. The highest BCUT2D eigenvalue weighted by atomic mass is 31.2. The van der Waals surface area contributed by atoms with E-state index in [1.807, 2.05) is 0 Å². The van der Waals surface area contributed by atoms with E-state index in [1.165, 1.54) is 263 Å². The first-order chi connectivity index (χ1) is 50.8. The molecule has 17 nitrogen and oxygen atoms in total. The number of phosphoric ester groups is 2. The number of aliphatic hydroxyl groups is 1. The van der Waals surface area contributed by atoms with Crippen LogP contribution in [0.4, 0.5) is 0 Å². The largest absolute Gasteiger partial charge is 0.472 e. The first kappa shape index (κ1) is 103. The summed E-state index contributed by atoms with van der Waals surface area (Å²) < 4.78 is 68.9. The Morgan fingerprint density at radius 3 is 0.724 bits per heavy atom. The summed E-state index contributed by atoms with van der Waals surface area (Å²) in [6.45, 7) is 12.0. The van der Waals surface area contributed by atoms with Crippen molar-refractivity contribution in [2.24, 2.45) is 17.8 Å². The Labute approximate surface area is 645 Å². The predicted molar refractivity (Wildman–Crippen MR) is 432 cm³/mol. The summed E-state index contributed by atoms with van der Waals surface area (Å²) in [5.74, 6) is 0.250. The van der Waals surface area contributed by atoms with Crippen molar-refractivity contribution in [2.45, 2.75) is 471 Å². The summed E-state index contributed by atoms with van der Waals surface area (Å²) in [6, 6.07) is 0. The maximum Gasteiger partial charge on any atom is 0.472 e. The van der Waals surface area contributed by atoms with Gasteiger partial charge in [0.05, 0.1) is 26.4 Å². The molecule has 0 bridgehead atoms. The number of unbranched alkanes of at least 4 members (excludes halogenated alkanes) is 51. The second-order valence-corrected chi connectivity index (χ2v) is 35.0. The number of aliphatic hydroxyl groups excluding tert-OH is 1. The molecule has 0 heterocycles. The van der Waals surface area contributed by atoms with Crippen LogP contribution in [0.25, 0.3) is 0 Å². The van der Waals surface area contributed by atoms with Crippen molar-refractivity contribution in [3.05, 3.63) is 0 Å². The summed E-state index contributed by atoms with van der Waals surface area (Å²) >= 11 is 0. The monoisotopic (exact) mass is 1540 g/mol. The molecule has 0 aliphatic rings. The van der Waals surface area contributed by atoms with E-state index in [2.05, 4.69) is 48.5 Å². The van der Waals surface area contributed by atoms with Crippen LogP contribution in [-0.4, -0.2) is 96.7 Å². The van der Waals surface area contributed by atoms with Crippen LogP contribution in [0.15, 0.2) is 0 Å². The first-order valence-corrected chi connectivity index (χ1v) is 47.4. The van der Waals surface area contributed by atoms with Gasteiger partial charge in [-0.2, -0.15) is 0 Å². The molecule has 0 rings (SSSR count). The third-order valence-electron chi connectivity index (χ3n) is 20.5. The molecule has 0 aromatic carbocycles. The molecule has 3 unspecified atom stereocenters. The summed E-state index contributed by atoms with van der Waals surface area (Å²) in [5.41, 5.74) is 0. The van der Waals surface area contributed by atoms with Gasteiger partial charge in [0.2, 0.25) is 0 Å². The van der Waals surface area contributed by atoms with Gasteiger partial charge in [0.1, 0.15) is 19.3 Å². The van der Waals surface area contributed by atoms with Crippen LogP contribution >= 0.6 is 15.6 Å². The Hall–Kier alpha value is -1.94. The number of esters is 4. The lowest BCUT2D eigenvalue weighted by Gasteiger charge is -2.21. The van der Waals surface area contributed by atoms with E-state index in [0.717, 1.165) is 108 Å². The molecule has 19 heteroatoms. The van der Waals surface area contributed by atoms with Gasteiger partial charge in [-0.1, -0.05) is 402 Å². The van der Waals surface area contributed by atoms with Gasteiger partial charge in [-0.05, 0) is 43.4 Å². The first-order valence-electron chi connectivity index (χ1n) is 44.4. The van der Waals surface area contributed by atoms with Crippen molar-refractivity contribution in [2.75, 3.05) is 39.6 Å². The van der Waals surface area contributed by atoms with E-state index in [4.69, 9.17) is 37.0 Å². The lowest BCUT2D eigenvalue weighted by atomic mass is 9.99. The third-order valence-corrected chi connectivity index (χ3v) is 22.4. The number of ether oxygens (including phenoxy) is 4. The molecule has 0 aromatic rings. The smallest absolute Gasteiger partial charge is 0.462 e. The molecule has 0 aliphatic carbocycles. The number of rotatable bonds is 84. The fraction of sp³-hybridized carbons (Fsp3) is 0.953. The Bertz CT molecular complexity index is 2030. The zero-order valence-electron chi connectivity index (χ0n) is 69.2. The van der Waals surface area contributed by atoms with E-state index in [0.29, 0.717) is 25.7 Å². The van der Waals surface area contributed by atoms with Gasteiger partial charge < -0.3 is 33.8 Å². The number of phosphoric acid groups is 2. The van der Waals surface area contributed by atoms with E-state index in [9.17, 15) is 43.2 Å². The number of hydrogen-bond acceptors (Lipinski definition) is 15. The van der Waals surface area contributed by atoms with Crippen molar-refractivity contribution in [1.82, 2.24) is 0 Å². The summed E-state index contributed by atoms with van der Waals surface area (Å²) in [6.07, 6.45) is 66.6. The van der Waals surface area contributed by atoms with Crippen LogP contribution < -0.4 is 0 Å². The maximum absolute atomic E-state index is 13.1. The van der Waals surface area contributed by atoms with Gasteiger partial charge in [-0.3, -0.25) is 37.3 Å². The molecular weight excluding hydrogens is 1370 g/mol. The number of carbonyl (C=O) groups is 4. The summed E-state index contributed by atoms with van der Waals surface area (Å²) in [4.78, 5) is 73.3. The predicted octanol–water partition coefficient (Wildman–Crippen LogP) is 26.1. The molecule has 0 spiro atoms. The second kappa shape index (κ2) is 76.1. The molecule has 0 fully saturated rings. The number of hydrogen-bond donors (Lipinski definition) is 3.